The highest BCUT2D eigenvalue weighted by atomic mass is 16.6. The van der Waals surface area contributed by atoms with Gasteiger partial charge in [0.05, 0.1) is 0 Å². The van der Waals surface area contributed by atoms with Gasteiger partial charge in [0.2, 0.25) is 0 Å². The van der Waals surface area contributed by atoms with Crippen LogP contribution in [0.2, 0.25) is 0 Å². The Morgan fingerprint density at radius 3 is 1.15 bits per heavy atom. The quantitative estimate of drug-likeness (QED) is 0.0200. The summed E-state index contributed by atoms with van der Waals surface area (Å²) < 4.78 is 16.7. The number of carbonyl (C=O) groups excluding carboxylic acids is 3. The third-order valence-corrected chi connectivity index (χ3v) is 10.4. The molecule has 0 rings (SSSR count). The molecule has 6 nitrogen and oxygen atoms in total. The van der Waals surface area contributed by atoms with Gasteiger partial charge in [-0.3, -0.25) is 14.4 Å². The average molecular weight is 861 g/mol. The van der Waals surface area contributed by atoms with Crippen molar-refractivity contribution < 1.29 is 28.6 Å². The summed E-state index contributed by atoms with van der Waals surface area (Å²) in [6.45, 7) is 6.38. The van der Waals surface area contributed by atoms with E-state index in [4.69, 9.17) is 14.2 Å². The number of rotatable bonds is 44. The standard InChI is InChI=1S/C56H92O6/c1-4-7-10-13-16-19-21-23-25-27-29-30-32-34-37-40-43-46-49-55(58)61-52-53(51-60-54(57)48-45-42-39-36-18-15-12-9-6-3)62-56(59)50-47-44-41-38-35-33-31-28-26-24-22-20-17-14-11-8-5-2/h9,12,16-21,23-27,29-30,36,53H,4-8,10-11,13-15,22,28,31-35,37-52H2,1-3H3/b12-9-,19-16-,20-17-,23-21-,26-24-,27-25-,30-29-,36-18-. The molecule has 352 valence electrons. The summed E-state index contributed by atoms with van der Waals surface area (Å²) in [5.41, 5.74) is 0. The number of hydrogen-bond donors (Lipinski definition) is 0. The van der Waals surface area contributed by atoms with Crippen molar-refractivity contribution in [2.75, 3.05) is 13.2 Å². The van der Waals surface area contributed by atoms with Crippen LogP contribution < -0.4 is 0 Å². The highest BCUT2D eigenvalue weighted by Crippen LogP contribution is 2.13. The summed E-state index contributed by atoms with van der Waals surface area (Å²) in [6, 6.07) is 0. The van der Waals surface area contributed by atoms with Crippen LogP contribution in [-0.4, -0.2) is 37.2 Å². The van der Waals surface area contributed by atoms with Crippen molar-refractivity contribution in [2.24, 2.45) is 0 Å². The van der Waals surface area contributed by atoms with Crippen molar-refractivity contribution in [1.82, 2.24) is 0 Å². The number of hydrogen-bond acceptors (Lipinski definition) is 6. The van der Waals surface area contributed by atoms with Crippen molar-refractivity contribution in [3.05, 3.63) is 97.2 Å². The lowest BCUT2D eigenvalue weighted by Crippen LogP contribution is -2.30. The van der Waals surface area contributed by atoms with E-state index >= 15 is 0 Å². The van der Waals surface area contributed by atoms with Gasteiger partial charge >= 0.3 is 17.9 Å². The lowest BCUT2D eigenvalue weighted by molar-refractivity contribution is -0.167. The number of carbonyl (C=O) groups is 3. The Balaban J connectivity index is 4.43. The van der Waals surface area contributed by atoms with Crippen LogP contribution in [0.4, 0.5) is 0 Å². The van der Waals surface area contributed by atoms with Crippen LogP contribution in [0.25, 0.3) is 0 Å². The molecule has 62 heavy (non-hydrogen) atoms. The Morgan fingerprint density at radius 1 is 0.355 bits per heavy atom. The maximum absolute atomic E-state index is 12.8. The summed E-state index contributed by atoms with van der Waals surface area (Å²) >= 11 is 0. The topological polar surface area (TPSA) is 78.9 Å². The second kappa shape index (κ2) is 50.0. The lowest BCUT2D eigenvalue weighted by Gasteiger charge is -2.18. The second-order valence-corrected chi connectivity index (χ2v) is 16.4. The van der Waals surface area contributed by atoms with E-state index in [-0.39, 0.29) is 31.1 Å². The maximum atomic E-state index is 12.8. The number of allylic oxidation sites excluding steroid dienone is 16. The van der Waals surface area contributed by atoms with Crippen LogP contribution in [0.1, 0.15) is 220 Å². The first-order valence-electron chi connectivity index (χ1n) is 25.3. The first-order valence-corrected chi connectivity index (χ1v) is 25.3. The number of esters is 3. The molecule has 0 aromatic heterocycles. The first-order chi connectivity index (χ1) is 30.5. The van der Waals surface area contributed by atoms with Gasteiger partial charge < -0.3 is 14.2 Å². The molecule has 0 N–H and O–H groups in total. The molecule has 0 saturated heterocycles. The SMILES string of the molecule is CC/C=C\C/C=C\CCCCC(=O)OCC(COC(=O)CCCCCCC\C=C/C=C\C=C/C=C\CCCCC)OC(=O)CCCCCCCCC/C=C\C/C=C\CCCCC. The first kappa shape index (κ1) is 58.3. The fourth-order valence-electron chi connectivity index (χ4n) is 6.58. The Hall–Kier alpha value is -3.67. The van der Waals surface area contributed by atoms with Crippen LogP contribution in [0.5, 0.6) is 0 Å². The molecule has 0 aliphatic rings. The molecule has 0 aromatic rings. The van der Waals surface area contributed by atoms with Crippen molar-refractivity contribution in [3.63, 3.8) is 0 Å². The third-order valence-electron chi connectivity index (χ3n) is 10.4. The summed E-state index contributed by atoms with van der Waals surface area (Å²) in [7, 11) is 0. The summed E-state index contributed by atoms with van der Waals surface area (Å²) in [5, 5.41) is 0. The molecule has 0 spiro atoms. The van der Waals surface area contributed by atoms with Crippen LogP contribution >= 0.6 is 0 Å². The van der Waals surface area contributed by atoms with E-state index in [1.165, 1.54) is 70.6 Å². The number of ether oxygens (including phenoxy) is 3. The van der Waals surface area contributed by atoms with E-state index < -0.39 is 6.10 Å². The van der Waals surface area contributed by atoms with E-state index in [1.807, 2.05) is 0 Å². The van der Waals surface area contributed by atoms with E-state index in [9.17, 15) is 14.4 Å². The lowest BCUT2D eigenvalue weighted by atomic mass is 10.1. The van der Waals surface area contributed by atoms with Gasteiger partial charge in [-0.25, -0.2) is 0 Å². The Labute approximate surface area is 381 Å². The predicted octanol–water partition coefficient (Wildman–Crippen LogP) is 16.6. The molecule has 0 saturated carbocycles. The molecular formula is C56H92O6. The van der Waals surface area contributed by atoms with E-state index in [0.717, 1.165) is 109 Å². The molecule has 0 radical (unpaired) electrons. The fourth-order valence-corrected chi connectivity index (χ4v) is 6.58. The van der Waals surface area contributed by atoms with Gasteiger partial charge in [0.15, 0.2) is 6.10 Å². The molecule has 0 aliphatic carbocycles. The van der Waals surface area contributed by atoms with Gasteiger partial charge in [-0.1, -0.05) is 195 Å². The Bertz CT molecular complexity index is 1260. The molecule has 0 bridgehead atoms. The zero-order valence-electron chi connectivity index (χ0n) is 40.1. The summed E-state index contributed by atoms with van der Waals surface area (Å²) in [6.07, 6.45) is 65.4. The maximum Gasteiger partial charge on any atom is 0.306 e. The van der Waals surface area contributed by atoms with Gasteiger partial charge in [-0.15, -0.1) is 0 Å². The van der Waals surface area contributed by atoms with Crippen LogP contribution in [0, 0.1) is 0 Å². The third kappa shape index (κ3) is 47.4. The fraction of sp³-hybridized carbons (Fsp3) is 0.661. The average Bonchev–Trinajstić information content (AvgIpc) is 3.27. The Morgan fingerprint density at radius 2 is 0.694 bits per heavy atom. The molecule has 0 aliphatic heterocycles. The van der Waals surface area contributed by atoms with E-state index in [0.29, 0.717) is 19.3 Å². The molecule has 1 unspecified atom stereocenters. The van der Waals surface area contributed by atoms with Gasteiger partial charge in [-0.2, -0.15) is 0 Å². The molecule has 6 heteroatoms. The minimum absolute atomic E-state index is 0.105. The summed E-state index contributed by atoms with van der Waals surface area (Å²) in [5.74, 6) is -0.976. The molecule has 0 amide bonds. The minimum atomic E-state index is -0.804. The van der Waals surface area contributed by atoms with Gasteiger partial charge in [0, 0.05) is 19.3 Å². The molecule has 0 fully saturated rings. The predicted molar refractivity (Wildman–Crippen MR) is 265 cm³/mol. The smallest absolute Gasteiger partial charge is 0.306 e. The minimum Gasteiger partial charge on any atom is -0.462 e. The zero-order chi connectivity index (χ0) is 45.1. The monoisotopic (exact) mass is 861 g/mol. The van der Waals surface area contributed by atoms with Gasteiger partial charge in [0.25, 0.3) is 0 Å². The molecule has 0 heterocycles. The molecule has 0 aromatic carbocycles. The summed E-state index contributed by atoms with van der Waals surface area (Å²) in [4.78, 5) is 37.9. The van der Waals surface area contributed by atoms with Crippen molar-refractivity contribution in [2.45, 2.75) is 226 Å². The normalized spacial score (nSPS) is 12.9. The van der Waals surface area contributed by atoms with Gasteiger partial charge in [0.1, 0.15) is 13.2 Å². The van der Waals surface area contributed by atoms with Crippen LogP contribution in [0.15, 0.2) is 97.2 Å². The van der Waals surface area contributed by atoms with Crippen molar-refractivity contribution in [3.8, 4) is 0 Å². The van der Waals surface area contributed by atoms with E-state index in [1.54, 1.807) is 0 Å². The largest absolute Gasteiger partial charge is 0.462 e. The van der Waals surface area contributed by atoms with Crippen molar-refractivity contribution >= 4 is 17.9 Å². The van der Waals surface area contributed by atoms with Crippen molar-refractivity contribution in [1.29, 1.82) is 0 Å². The van der Waals surface area contributed by atoms with Crippen LogP contribution in [0.3, 0.4) is 0 Å². The highest BCUT2D eigenvalue weighted by Gasteiger charge is 2.19. The van der Waals surface area contributed by atoms with E-state index in [2.05, 4.69) is 118 Å². The molecule has 1 atom stereocenters. The zero-order valence-corrected chi connectivity index (χ0v) is 40.1. The van der Waals surface area contributed by atoms with Crippen LogP contribution in [-0.2, 0) is 28.6 Å². The highest BCUT2D eigenvalue weighted by molar-refractivity contribution is 5.71. The second-order valence-electron chi connectivity index (χ2n) is 16.4. The number of unbranched alkanes of at least 4 members (excludes halogenated alkanes) is 20. The Kier molecular flexibility index (Phi) is 47.0. The van der Waals surface area contributed by atoms with Gasteiger partial charge in [-0.05, 0) is 103 Å². The molecular weight excluding hydrogens is 769 g/mol.